The Morgan fingerprint density at radius 3 is 2.66 bits per heavy atom. The van der Waals surface area contributed by atoms with Crippen LogP contribution in [0.15, 0.2) is 24.8 Å². The minimum atomic E-state index is -1.46. The fourth-order valence-electron chi connectivity index (χ4n) is 5.21. The first-order valence-corrected chi connectivity index (χ1v) is 14.7. The van der Waals surface area contributed by atoms with Gasteiger partial charge < -0.3 is 24.2 Å². The average molecular weight is 586 g/mol. The summed E-state index contributed by atoms with van der Waals surface area (Å²) >= 11 is 0.900. The number of carbonyl (C=O) groups is 1. The number of nitrogens with one attached hydrogen (secondary N) is 1. The fourth-order valence-corrected chi connectivity index (χ4v) is 6.11. The molecule has 2 aromatic heterocycles. The highest BCUT2D eigenvalue weighted by Gasteiger charge is 2.40. The number of amidine groups is 1. The van der Waals surface area contributed by atoms with Crippen molar-refractivity contribution in [2.75, 3.05) is 49.6 Å². The van der Waals surface area contributed by atoms with Crippen molar-refractivity contribution in [1.82, 2.24) is 14.5 Å². The Morgan fingerprint density at radius 2 is 2.10 bits per heavy atom. The number of amides is 1. The zero-order chi connectivity index (χ0) is 30.1. The maximum Gasteiger partial charge on any atom is 0.254 e. The number of nitriles is 1. The highest BCUT2D eigenvalue weighted by atomic mass is 32.2. The van der Waals surface area contributed by atoms with Crippen molar-refractivity contribution >= 4 is 39.7 Å². The van der Waals surface area contributed by atoms with Crippen LogP contribution in [0.5, 0.6) is 0 Å². The van der Waals surface area contributed by atoms with Gasteiger partial charge in [0.25, 0.3) is 5.91 Å². The zero-order valence-electron chi connectivity index (χ0n) is 24.7. The number of halogens is 1. The van der Waals surface area contributed by atoms with E-state index in [0.29, 0.717) is 32.6 Å². The Balaban J connectivity index is 1.56. The van der Waals surface area contributed by atoms with Gasteiger partial charge >= 0.3 is 0 Å². The molecule has 41 heavy (non-hydrogen) atoms. The van der Waals surface area contributed by atoms with Gasteiger partial charge in [-0.05, 0) is 52.7 Å². The number of alkyl halides is 1. The van der Waals surface area contributed by atoms with Gasteiger partial charge in [0.15, 0.2) is 17.1 Å². The van der Waals surface area contributed by atoms with Gasteiger partial charge in [0, 0.05) is 44.6 Å². The van der Waals surface area contributed by atoms with Gasteiger partial charge in [-0.1, -0.05) is 24.8 Å². The molecule has 3 atom stereocenters. The summed E-state index contributed by atoms with van der Waals surface area (Å²) in [7, 11) is 1.76. The number of hydrogen-bond donors (Lipinski definition) is 1. The lowest BCUT2D eigenvalue weighted by molar-refractivity contribution is -0.160. The van der Waals surface area contributed by atoms with Crippen molar-refractivity contribution in [3.8, 4) is 6.07 Å². The Hall–Kier alpha value is -3.14. The number of ether oxygens (including phenoxy) is 2. The van der Waals surface area contributed by atoms with Crippen LogP contribution in [0.25, 0.3) is 5.52 Å². The molecule has 4 heterocycles. The maximum atomic E-state index is 14.8. The number of anilines is 2. The van der Waals surface area contributed by atoms with Crippen LogP contribution < -0.4 is 9.80 Å². The summed E-state index contributed by atoms with van der Waals surface area (Å²) in [5.41, 5.74) is 4.31. The largest absolute Gasteiger partial charge is 0.368 e. The number of thioether (sulfide) groups is 1. The number of nitrogens with zero attached hydrogens (tertiary/aromatic N) is 6. The van der Waals surface area contributed by atoms with Crippen LogP contribution in [0.1, 0.15) is 45.5 Å². The van der Waals surface area contributed by atoms with E-state index >= 15 is 0 Å². The molecular weight excluding hydrogens is 545 g/mol. The van der Waals surface area contributed by atoms with E-state index in [1.807, 2.05) is 37.1 Å². The van der Waals surface area contributed by atoms with Gasteiger partial charge in [-0.15, -0.1) is 6.58 Å². The van der Waals surface area contributed by atoms with E-state index in [-0.39, 0.29) is 24.1 Å². The third-order valence-electron chi connectivity index (χ3n) is 7.66. The number of aromatic nitrogens is 2. The van der Waals surface area contributed by atoms with E-state index in [1.54, 1.807) is 11.9 Å². The maximum absolute atomic E-state index is 14.8. The lowest BCUT2D eigenvalue weighted by Crippen LogP contribution is -2.52. The highest BCUT2D eigenvalue weighted by Crippen LogP contribution is 2.37. The van der Waals surface area contributed by atoms with Gasteiger partial charge in [0.2, 0.25) is 0 Å². The molecule has 222 valence electrons. The van der Waals surface area contributed by atoms with E-state index in [1.165, 1.54) is 13.0 Å². The molecule has 2 fully saturated rings. The number of rotatable bonds is 8. The molecule has 1 N–H and O–H groups in total. The third-order valence-corrected chi connectivity index (χ3v) is 8.90. The highest BCUT2D eigenvalue weighted by molar-refractivity contribution is 8.15. The monoisotopic (exact) mass is 585 g/mol. The SMILES string of the molecule is C=CC[C@@H](F)C(C)(C#N)SC(=N)N(C)c1c(CC)nn2c(C)cc(N3CCN(C(=O)C4COC(C)(C)O4)CC3)cc12. The average Bonchev–Trinajstić information content (AvgIpc) is 3.51. The van der Waals surface area contributed by atoms with Gasteiger partial charge in [-0.3, -0.25) is 10.2 Å². The summed E-state index contributed by atoms with van der Waals surface area (Å²) in [5, 5.41) is 23.4. The summed E-state index contributed by atoms with van der Waals surface area (Å²) < 4.78 is 26.6. The molecule has 2 saturated heterocycles. The Kier molecular flexibility index (Phi) is 9.01. The number of pyridine rings is 1. The van der Waals surface area contributed by atoms with Crippen LogP contribution in [0.3, 0.4) is 0 Å². The number of allylic oxidation sites excluding steroid dienone is 1. The smallest absolute Gasteiger partial charge is 0.254 e. The molecule has 1 amide bonds. The zero-order valence-corrected chi connectivity index (χ0v) is 25.6. The molecule has 0 spiro atoms. The number of carbonyl (C=O) groups excluding carboxylic acids is 1. The van der Waals surface area contributed by atoms with Crippen LogP contribution >= 0.6 is 11.8 Å². The predicted molar refractivity (Wildman–Crippen MR) is 160 cm³/mol. The summed E-state index contributed by atoms with van der Waals surface area (Å²) in [4.78, 5) is 18.8. The second kappa shape index (κ2) is 12.0. The summed E-state index contributed by atoms with van der Waals surface area (Å²) in [6.07, 6.45) is 0.0824. The quantitative estimate of drug-likeness (QED) is 0.277. The van der Waals surface area contributed by atoms with Gasteiger partial charge in [-0.2, -0.15) is 10.4 Å². The molecular formula is C29H40FN7O3S. The minimum Gasteiger partial charge on any atom is -0.368 e. The second-order valence-electron chi connectivity index (χ2n) is 11.1. The van der Waals surface area contributed by atoms with E-state index in [2.05, 4.69) is 29.7 Å². The first-order chi connectivity index (χ1) is 19.3. The molecule has 0 radical (unpaired) electrons. The molecule has 2 aromatic rings. The molecule has 2 unspecified atom stereocenters. The topological polar surface area (TPSA) is 110 Å². The molecule has 2 aliphatic heterocycles. The molecule has 4 rings (SSSR count). The van der Waals surface area contributed by atoms with E-state index in [4.69, 9.17) is 20.0 Å². The number of piperazine rings is 1. The van der Waals surface area contributed by atoms with Crippen molar-refractivity contribution in [2.24, 2.45) is 0 Å². The molecule has 10 nitrogen and oxygen atoms in total. The summed E-state index contributed by atoms with van der Waals surface area (Å²) in [5.74, 6) is -0.790. The van der Waals surface area contributed by atoms with Crippen LogP contribution in [-0.2, 0) is 20.7 Å². The molecule has 2 aliphatic rings. The van der Waals surface area contributed by atoms with Gasteiger partial charge in [-0.25, -0.2) is 8.91 Å². The Bertz CT molecular complexity index is 1360. The molecule has 0 aromatic carbocycles. The van der Waals surface area contributed by atoms with Crippen molar-refractivity contribution in [3.63, 3.8) is 0 Å². The van der Waals surface area contributed by atoms with E-state index in [0.717, 1.165) is 40.0 Å². The minimum absolute atomic E-state index is 0.0336. The van der Waals surface area contributed by atoms with Crippen molar-refractivity contribution in [1.29, 1.82) is 10.7 Å². The molecule has 0 saturated carbocycles. The van der Waals surface area contributed by atoms with Gasteiger partial charge in [0.05, 0.1) is 29.6 Å². The first kappa shape index (κ1) is 30.8. The Labute approximate surface area is 245 Å². The van der Waals surface area contributed by atoms with Crippen molar-refractivity contribution < 1.29 is 18.7 Å². The predicted octanol–water partition coefficient (Wildman–Crippen LogP) is 4.31. The standard InChI is InChI=1S/C29H40FN7O3S/c1-8-10-24(30)29(6,18-31)41-27(32)34(7)25-21(9-2)33-37-19(3)15-20(16-22(25)37)35-11-13-36(14-12-35)26(38)23-17-39-28(4,5)40-23/h8,15-16,23-24,32H,1,9-14,17H2,2-7H3/t23?,24-,29?/m1/s1. The number of fused-ring (bicyclic) bond motifs is 1. The molecule has 0 aliphatic carbocycles. The normalized spacial score (nSPS) is 20.9. The molecule has 12 heteroatoms. The van der Waals surface area contributed by atoms with Crippen LogP contribution in [0.4, 0.5) is 15.8 Å². The number of aryl methyl sites for hydroxylation is 2. The van der Waals surface area contributed by atoms with Crippen molar-refractivity contribution in [2.45, 2.75) is 70.3 Å². The first-order valence-electron chi connectivity index (χ1n) is 13.9. The van der Waals surface area contributed by atoms with Crippen LogP contribution in [0, 0.1) is 23.7 Å². The van der Waals surface area contributed by atoms with Gasteiger partial charge in [0.1, 0.15) is 10.9 Å². The van der Waals surface area contributed by atoms with E-state index < -0.39 is 22.8 Å². The van der Waals surface area contributed by atoms with E-state index in [9.17, 15) is 14.4 Å². The lowest BCUT2D eigenvalue weighted by Gasteiger charge is -2.37. The lowest BCUT2D eigenvalue weighted by atomic mass is 10.0. The van der Waals surface area contributed by atoms with Crippen LogP contribution in [0.2, 0.25) is 0 Å². The Morgan fingerprint density at radius 1 is 1.41 bits per heavy atom. The molecule has 0 bridgehead atoms. The fraction of sp³-hybridized carbons (Fsp3) is 0.586. The van der Waals surface area contributed by atoms with Crippen LogP contribution in [-0.4, -0.2) is 88.2 Å². The number of hydrogen-bond acceptors (Lipinski definition) is 8. The third kappa shape index (κ3) is 6.22. The second-order valence-corrected chi connectivity index (χ2v) is 12.5. The summed E-state index contributed by atoms with van der Waals surface area (Å²) in [6, 6.07) is 6.18. The van der Waals surface area contributed by atoms with Crippen molar-refractivity contribution in [3.05, 3.63) is 36.2 Å². The summed E-state index contributed by atoms with van der Waals surface area (Å²) in [6.45, 7) is 15.4.